The summed E-state index contributed by atoms with van der Waals surface area (Å²) in [6.45, 7) is 5.77. The average molecular weight is 324 g/mol. The van der Waals surface area contributed by atoms with E-state index in [1.54, 1.807) is 4.68 Å². The van der Waals surface area contributed by atoms with Crippen molar-refractivity contribution in [1.29, 1.82) is 0 Å². The standard InChI is InChI=1S/C19H24N4O/c1-14-10-17(21(2)20-14)19(24)22-9-8-16-12-23(18(16)13-22)11-15-6-4-3-5-7-15/h3-7,10,16,18H,8-9,11-13H2,1-2H3/t16-,18-/m1/s1. The predicted molar refractivity (Wildman–Crippen MR) is 92.6 cm³/mol. The van der Waals surface area contributed by atoms with E-state index in [0.717, 1.165) is 44.2 Å². The lowest BCUT2D eigenvalue weighted by Crippen LogP contribution is -2.64. The van der Waals surface area contributed by atoms with Gasteiger partial charge in [-0.25, -0.2) is 0 Å². The summed E-state index contributed by atoms with van der Waals surface area (Å²) < 4.78 is 1.70. The molecule has 1 aromatic carbocycles. The highest BCUT2D eigenvalue weighted by atomic mass is 16.2. The minimum Gasteiger partial charge on any atom is -0.336 e. The Bertz CT molecular complexity index is 739. The Morgan fingerprint density at radius 3 is 2.75 bits per heavy atom. The van der Waals surface area contributed by atoms with Crippen LogP contribution in [0.4, 0.5) is 0 Å². The highest BCUT2D eigenvalue weighted by Crippen LogP contribution is 2.34. The average Bonchev–Trinajstić information content (AvgIpc) is 2.91. The third-order valence-corrected chi connectivity index (χ3v) is 5.40. The molecule has 4 rings (SSSR count). The fourth-order valence-electron chi connectivity index (χ4n) is 4.06. The number of aromatic nitrogens is 2. The second kappa shape index (κ2) is 6.06. The molecule has 3 heterocycles. The summed E-state index contributed by atoms with van der Waals surface area (Å²) in [4.78, 5) is 17.3. The summed E-state index contributed by atoms with van der Waals surface area (Å²) in [5.41, 5.74) is 2.94. The lowest BCUT2D eigenvalue weighted by atomic mass is 9.82. The van der Waals surface area contributed by atoms with Gasteiger partial charge in [0.25, 0.3) is 5.91 Å². The highest BCUT2D eigenvalue weighted by molar-refractivity contribution is 5.92. The van der Waals surface area contributed by atoms with Gasteiger partial charge < -0.3 is 4.90 Å². The first kappa shape index (κ1) is 15.4. The number of piperidine rings is 1. The van der Waals surface area contributed by atoms with E-state index in [2.05, 4.69) is 40.3 Å². The van der Waals surface area contributed by atoms with Crippen molar-refractivity contribution in [3.8, 4) is 0 Å². The van der Waals surface area contributed by atoms with Crippen molar-refractivity contribution in [3.05, 3.63) is 53.3 Å². The van der Waals surface area contributed by atoms with Crippen molar-refractivity contribution < 1.29 is 4.79 Å². The van der Waals surface area contributed by atoms with Gasteiger partial charge in [0.2, 0.25) is 0 Å². The molecular weight excluding hydrogens is 300 g/mol. The first-order valence-electron chi connectivity index (χ1n) is 8.69. The van der Waals surface area contributed by atoms with Crippen molar-refractivity contribution in [2.24, 2.45) is 13.0 Å². The molecule has 5 nitrogen and oxygen atoms in total. The van der Waals surface area contributed by atoms with Crippen molar-refractivity contribution in [2.75, 3.05) is 19.6 Å². The van der Waals surface area contributed by atoms with Crippen molar-refractivity contribution >= 4 is 5.91 Å². The Morgan fingerprint density at radius 2 is 2.04 bits per heavy atom. The van der Waals surface area contributed by atoms with E-state index in [0.29, 0.717) is 11.7 Å². The van der Waals surface area contributed by atoms with Crippen LogP contribution in [0.5, 0.6) is 0 Å². The molecule has 0 saturated carbocycles. The maximum absolute atomic E-state index is 12.8. The van der Waals surface area contributed by atoms with Crippen LogP contribution in [0.1, 0.15) is 28.2 Å². The Morgan fingerprint density at radius 1 is 1.25 bits per heavy atom. The number of benzene rings is 1. The Labute approximate surface area is 142 Å². The quantitative estimate of drug-likeness (QED) is 0.868. The van der Waals surface area contributed by atoms with Crippen LogP contribution in [-0.4, -0.2) is 51.2 Å². The van der Waals surface area contributed by atoms with E-state index in [9.17, 15) is 4.79 Å². The topological polar surface area (TPSA) is 41.4 Å². The minimum absolute atomic E-state index is 0.114. The highest BCUT2D eigenvalue weighted by Gasteiger charge is 2.43. The van der Waals surface area contributed by atoms with E-state index in [1.807, 2.05) is 24.9 Å². The van der Waals surface area contributed by atoms with E-state index in [4.69, 9.17) is 0 Å². The van der Waals surface area contributed by atoms with Gasteiger partial charge >= 0.3 is 0 Å². The van der Waals surface area contributed by atoms with Gasteiger partial charge in [0.15, 0.2) is 0 Å². The van der Waals surface area contributed by atoms with E-state index >= 15 is 0 Å². The fourth-order valence-corrected chi connectivity index (χ4v) is 4.06. The Hall–Kier alpha value is -2.14. The van der Waals surface area contributed by atoms with Gasteiger partial charge in [-0.05, 0) is 30.9 Å². The zero-order chi connectivity index (χ0) is 16.7. The maximum Gasteiger partial charge on any atom is 0.272 e. The molecule has 1 aromatic heterocycles. The molecule has 0 bridgehead atoms. The molecule has 0 unspecified atom stereocenters. The molecule has 2 aliphatic heterocycles. The molecule has 1 amide bonds. The number of fused-ring (bicyclic) bond motifs is 1. The molecular formula is C19H24N4O. The van der Waals surface area contributed by atoms with Crippen molar-refractivity contribution in [3.63, 3.8) is 0 Å². The SMILES string of the molecule is Cc1cc(C(=O)N2CC[C@@H]3CN(Cc4ccccc4)[C@@H]3C2)n(C)n1. The number of hydrogen-bond acceptors (Lipinski definition) is 3. The van der Waals surface area contributed by atoms with Crippen LogP contribution in [0.2, 0.25) is 0 Å². The molecule has 5 heteroatoms. The summed E-state index contributed by atoms with van der Waals surface area (Å²) in [5, 5.41) is 4.30. The van der Waals surface area contributed by atoms with Gasteiger partial charge in [0.05, 0.1) is 5.69 Å². The summed E-state index contributed by atoms with van der Waals surface area (Å²) in [6, 6.07) is 13.0. The van der Waals surface area contributed by atoms with Crippen molar-refractivity contribution in [1.82, 2.24) is 19.6 Å². The lowest BCUT2D eigenvalue weighted by molar-refractivity contribution is -0.0429. The first-order valence-corrected chi connectivity index (χ1v) is 8.69. The van der Waals surface area contributed by atoms with Gasteiger partial charge in [0, 0.05) is 39.3 Å². The Balaban J connectivity index is 1.43. The molecule has 0 N–H and O–H groups in total. The predicted octanol–water partition coefficient (Wildman–Crippen LogP) is 2.08. The van der Waals surface area contributed by atoms with Crippen LogP contribution >= 0.6 is 0 Å². The van der Waals surface area contributed by atoms with Gasteiger partial charge in [-0.3, -0.25) is 14.4 Å². The smallest absolute Gasteiger partial charge is 0.272 e. The summed E-state index contributed by atoms with van der Waals surface area (Å²) in [5.74, 6) is 0.856. The van der Waals surface area contributed by atoms with Crippen LogP contribution in [0.15, 0.2) is 36.4 Å². The third kappa shape index (κ3) is 2.73. The van der Waals surface area contributed by atoms with Gasteiger partial charge in [-0.15, -0.1) is 0 Å². The number of carbonyl (C=O) groups is 1. The van der Waals surface area contributed by atoms with Crippen LogP contribution < -0.4 is 0 Å². The van der Waals surface area contributed by atoms with Crippen LogP contribution in [0.3, 0.4) is 0 Å². The van der Waals surface area contributed by atoms with Crippen molar-refractivity contribution in [2.45, 2.75) is 25.9 Å². The Kier molecular flexibility index (Phi) is 3.88. The second-order valence-electron chi connectivity index (χ2n) is 7.08. The number of hydrogen-bond donors (Lipinski definition) is 0. The number of carbonyl (C=O) groups excluding carboxylic acids is 1. The number of nitrogens with zero attached hydrogens (tertiary/aromatic N) is 4. The molecule has 2 fully saturated rings. The van der Waals surface area contributed by atoms with Gasteiger partial charge in [0.1, 0.15) is 5.69 Å². The number of rotatable bonds is 3. The van der Waals surface area contributed by atoms with Crippen LogP contribution in [-0.2, 0) is 13.6 Å². The number of aryl methyl sites for hydroxylation is 2. The number of likely N-dealkylation sites (tertiary alicyclic amines) is 2. The minimum atomic E-state index is 0.114. The summed E-state index contributed by atoms with van der Waals surface area (Å²) in [7, 11) is 1.85. The monoisotopic (exact) mass is 324 g/mol. The van der Waals surface area contributed by atoms with Gasteiger partial charge in [-0.2, -0.15) is 5.10 Å². The molecule has 126 valence electrons. The molecule has 0 aliphatic carbocycles. The molecule has 24 heavy (non-hydrogen) atoms. The molecule has 0 radical (unpaired) electrons. The first-order chi connectivity index (χ1) is 11.6. The maximum atomic E-state index is 12.8. The van der Waals surface area contributed by atoms with Crippen LogP contribution in [0, 0.1) is 12.8 Å². The molecule has 2 aromatic rings. The fraction of sp³-hybridized carbons (Fsp3) is 0.474. The van der Waals surface area contributed by atoms with Crippen LogP contribution in [0.25, 0.3) is 0 Å². The molecule has 2 saturated heterocycles. The van der Waals surface area contributed by atoms with E-state index < -0.39 is 0 Å². The van der Waals surface area contributed by atoms with E-state index in [1.165, 1.54) is 5.56 Å². The van der Waals surface area contributed by atoms with E-state index in [-0.39, 0.29) is 5.91 Å². The zero-order valence-corrected chi connectivity index (χ0v) is 14.4. The zero-order valence-electron chi connectivity index (χ0n) is 14.4. The van der Waals surface area contributed by atoms with Gasteiger partial charge in [-0.1, -0.05) is 30.3 Å². The third-order valence-electron chi connectivity index (χ3n) is 5.40. The molecule has 2 atom stereocenters. The molecule has 0 spiro atoms. The normalized spacial score (nSPS) is 23.7. The molecule has 2 aliphatic rings. The largest absolute Gasteiger partial charge is 0.336 e. The summed E-state index contributed by atoms with van der Waals surface area (Å²) >= 11 is 0. The lowest BCUT2D eigenvalue weighted by Gasteiger charge is -2.53. The second-order valence-corrected chi connectivity index (χ2v) is 7.08. The number of amides is 1. The summed E-state index contributed by atoms with van der Waals surface area (Å²) in [6.07, 6.45) is 1.11.